The van der Waals surface area contributed by atoms with Gasteiger partial charge in [-0.05, 0) is 55.0 Å². The van der Waals surface area contributed by atoms with Gasteiger partial charge in [-0.1, -0.05) is 41.1 Å². The van der Waals surface area contributed by atoms with Crippen molar-refractivity contribution < 1.29 is 24.2 Å². The average Bonchev–Trinajstić information content (AvgIpc) is 3.40. The lowest BCUT2D eigenvalue weighted by atomic mass is 9.94. The molecule has 0 radical (unpaired) electrons. The number of halogens is 1. The zero-order valence-corrected chi connectivity index (χ0v) is 21.2. The van der Waals surface area contributed by atoms with Gasteiger partial charge in [0.1, 0.15) is 11.8 Å². The summed E-state index contributed by atoms with van der Waals surface area (Å²) in [6.07, 6.45) is 0. The lowest BCUT2D eigenvalue weighted by Gasteiger charge is -2.25. The van der Waals surface area contributed by atoms with Crippen molar-refractivity contribution in [2.75, 3.05) is 19.1 Å². The van der Waals surface area contributed by atoms with Crippen molar-refractivity contribution >= 4 is 55.7 Å². The van der Waals surface area contributed by atoms with Crippen molar-refractivity contribution in [1.82, 2.24) is 4.98 Å². The van der Waals surface area contributed by atoms with Gasteiger partial charge in [0.15, 0.2) is 16.6 Å². The quantitative estimate of drug-likeness (QED) is 0.200. The molecule has 1 aliphatic heterocycles. The first-order valence-corrected chi connectivity index (χ1v) is 12.2. The maximum Gasteiger partial charge on any atom is 0.301 e. The fourth-order valence-corrected chi connectivity index (χ4v) is 5.55. The molecule has 4 aromatic rings. The molecule has 36 heavy (non-hydrogen) atoms. The van der Waals surface area contributed by atoms with Gasteiger partial charge in [0.25, 0.3) is 5.78 Å². The number of ether oxygens (including phenoxy) is 2. The summed E-state index contributed by atoms with van der Waals surface area (Å²) in [5, 5.41) is 12.1. The number of carbonyl (C=O) groups excluding carboxylic acids is 2. The largest absolute Gasteiger partial charge is 0.507 e. The summed E-state index contributed by atoms with van der Waals surface area (Å²) < 4.78 is 12.0. The van der Waals surface area contributed by atoms with Gasteiger partial charge in [-0.25, -0.2) is 4.98 Å². The number of anilines is 1. The number of ketones is 1. The van der Waals surface area contributed by atoms with Crippen molar-refractivity contribution in [1.29, 1.82) is 0 Å². The first-order chi connectivity index (χ1) is 17.3. The third kappa shape index (κ3) is 3.88. The maximum atomic E-state index is 13.5. The molecule has 0 bridgehead atoms. The van der Waals surface area contributed by atoms with E-state index in [-0.39, 0.29) is 11.3 Å². The van der Waals surface area contributed by atoms with E-state index in [4.69, 9.17) is 21.1 Å². The van der Waals surface area contributed by atoms with Crippen molar-refractivity contribution in [2.24, 2.45) is 0 Å². The molecule has 0 spiro atoms. The summed E-state index contributed by atoms with van der Waals surface area (Å²) in [6.45, 7) is 1.97. The summed E-state index contributed by atoms with van der Waals surface area (Å²) in [5.74, 6) is -1.17. The number of thiazole rings is 1. The second-order valence-corrected chi connectivity index (χ2v) is 9.67. The molecule has 5 rings (SSSR count). The van der Waals surface area contributed by atoms with Crippen molar-refractivity contribution in [3.63, 3.8) is 0 Å². The topological polar surface area (TPSA) is 89.0 Å². The molecule has 1 N–H and O–H groups in total. The standard InChI is InChI=1S/C27H21ClN2O5S/c1-14-7-12-18-20(13-14)36-27(29-18)30-22(17-5-4-6-19(34-2)25(17)35-3)21(24(32)26(30)33)23(31)15-8-10-16(28)11-9-15/h4-13,22,31H,1-3H3/b23-21+/t22-/m0/s1. The molecule has 182 valence electrons. The molecular formula is C27H21ClN2O5S. The van der Waals surface area contributed by atoms with Crippen LogP contribution >= 0.6 is 22.9 Å². The monoisotopic (exact) mass is 520 g/mol. The Balaban J connectivity index is 1.79. The number of aromatic nitrogens is 1. The van der Waals surface area contributed by atoms with E-state index in [1.165, 1.54) is 30.5 Å². The summed E-state index contributed by atoms with van der Waals surface area (Å²) in [5.41, 5.74) is 2.50. The van der Waals surface area contributed by atoms with Crippen LogP contribution in [0.3, 0.4) is 0 Å². The van der Waals surface area contributed by atoms with Gasteiger partial charge in [-0.3, -0.25) is 14.5 Å². The number of Topliss-reactive ketones (excluding diaryl/α,β-unsaturated/α-hetero) is 1. The van der Waals surface area contributed by atoms with Gasteiger partial charge in [-0.2, -0.15) is 0 Å². The number of carbonyl (C=O) groups is 2. The SMILES string of the molecule is COc1cccc([C@H]2/C(=C(\O)c3ccc(Cl)cc3)C(=O)C(=O)N2c2nc3ccc(C)cc3s2)c1OC. The van der Waals surface area contributed by atoms with E-state index >= 15 is 0 Å². The van der Waals surface area contributed by atoms with Crippen molar-refractivity contribution in [2.45, 2.75) is 13.0 Å². The van der Waals surface area contributed by atoms with Crippen LogP contribution in [0.5, 0.6) is 11.5 Å². The third-order valence-corrected chi connectivity index (χ3v) is 7.30. The van der Waals surface area contributed by atoms with Crippen LogP contribution in [0.1, 0.15) is 22.7 Å². The zero-order chi connectivity index (χ0) is 25.6. The number of amides is 1. The number of hydrogen-bond acceptors (Lipinski definition) is 7. The number of para-hydroxylation sites is 1. The van der Waals surface area contributed by atoms with Crippen LogP contribution in [0, 0.1) is 6.92 Å². The van der Waals surface area contributed by atoms with Crippen LogP contribution in [0.25, 0.3) is 16.0 Å². The molecule has 2 heterocycles. The highest BCUT2D eigenvalue weighted by molar-refractivity contribution is 7.22. The molecule has 1 aromatic heterocycles. The molecule has 0 saturated carbocycles. The van der Waals surface area contributed by atoms with Crippen LogP contribution in [-0.4, -0.2) is 36.0 Å². The number of methoxy groups -OCH3 is 2. The second-order valence-electron chi connectivity index (χ2n) is 8.23. The molecule has 1 atom stereocenters. The first kappa shape index (κ1) is 23.8. The number of aliphatic hydroxyl groups excluding tert-OH is 1. The number of nitrogens with zero attached hydrogens (tertiary/aromatic N) is 2. The van der Waals surface area contributed by atoms with Crippen molar-refractivity contribution in [3.8, 4) is 11.5 Å². The van der Waals surface area contributed by atoms with E-state index in [9.17, 15) is 14.7 Å². The maximum absolute atomic E-state index is 13.5. The Morgan fingerprint density at radius 1 is 1.06 bits per heavy atom. The highest BCUT2D eigenvalue weighted by Crippen LogP contribution is 2.48. The highest BCUT2D eigenvalue weighted by atomic mass is 35.5. The Hall–Kier alpha value is -3.88. The fourth-order valence-electron chi connectivity index (χ4n) is 4.34. The van der Waals surface area contributed by atoms with E-state index in [1.807, 2.05) is 25.1 Å². The van der Waals surface area contributed by atoms with Crippen LogP contribution in [-0.2, 0) is 9.59 Å². The molecule has 0 unspecified atom stereocenters. The predicted molar refractivity (Wildman–Crippen MR) is 140 cm³/mol. The average molecular weight is 521 g/mol. The van der Waals surface area contributed by atoms with E-state index in [0.29, 0.717) is 38.3 Å². The van der Waals surface area contributed by atoms with E-state index in [1.54, 1.807) is 42.5 Å². The Morgan fingerprint density at radius 3 is 2.50 bits per heavy atom. The molecule has 1 aliphatic rings. The predicted octanol–water partition coefficient (Wildman–Crippen LogP) is 5.90. The lowest BCUT2D eigenvalue weighted by Crippen LogP contribution is -2.29. The highest BCUT2D eigenvalue weighted by Gasteiger charge is 2.49. The first-order valence-electron chi connectivity index (χ1n) is 11.0. The van der Waals surface area contributed by atoms with Crippen LogP contribution in [0.15, 0.2) is 66.2 Å². The number of hydrogen-bond donors (Lipinski definition) is 1. The van der Waals surface area contributed by atoms with Gasteiger partial charge in [0.2, 0.25) is 0 Å². The number of benzene rings is 3. The van der Waals surface area contributed by atoms with Gasteiger partial charge in [-0.15, -0.1) is 0 Å². The Kier molecular flexibility index (Phi) is 6.15. The third-order valence-electron chi connectivity index (χ3n) is 6.03. The molecule has 0 aliphatic carbocycles. The van der Waals surface area contributed by atoms with Gasteiger partial charge in [0.05, 0.1) is 30.0 Å². The fraction of sp³-hybridized carbons (Fsp3) is 0.148. The van der Waals surface area contributed by atoms with Crippen LogP contribution in [0.4, 0.5) is 5.13 Å². The molecular weight excluding hydrogens is 500 g/mol. The smallest absolute Gasteiger partial charge is 0.301 e. The van der Waals surface area contributed by atoms with Crippen LogP contribution in [0.2, 0.25) is 5.02 Å². The molecule has 1 fully saturated rings. The second kappa shape index (κ2) is 9.29. The van der Waals surface area contributed by atoms with Crippen LogP contribution < -0.4 is 14.4 Å². The van der Waals surface area contributed by atoms with Gasteiger partial charge >= 0.3 is 5.91 Å². The minimum absolute atomic E-state index is 0.0793. The minimum atomic E-state index is -1.01. The number of fused-ring (bicyclic) bond motifs is 1. The summed E-state index contributed by atoms with van der Waals surface area (Å²) in [7, 11) is 2.98. The lowest BCUT2D eigenvalue weighted by molar-refractivity contribution is -0.132. The molecule has 9 heteroatoms. The van der Waals surface area contributed by atoms with E-state index in [2.05, 4.69) is 4.98 Å². The zero-order valence-electron chi connectivity index (χ0n) is 19.6. The molecule has 7 nitrogen and oxygen atoms in total. The number of rotatable bonds is 5. The Morgan fingerprint density at radius 2 is 1.81 bits per heavy atom. The molecule has 3 aromatic carbocycles. The summed E-state index contributed by atoms with van der Waals surface area (Å²) >= 11 is 7.31. The molecule has 1 amide bonds. The van der Waals surface area contributed by atoms with E-state index < -0.39 is 17.7 Å². The summed E-state index contributed by atoms with van der Waals surface area (Å²) in [6, 6.07) is 16.3. The van der Waals surface area contributed by atoms with Gasteiger partial charge in [0, 0.05) is 16.1 Å². The van der Waals surface area contributed by atoms with Gasteiger partial charge < -0.3 is 14.6 Å². The Bertz CT molecular complexity index is 1540. The summed E-state index contributed by atoms with van der Waals surface area (Å²) in [4.78, 5) is 32.9. The minimum Gasteiger partial charge on any atom is -0.507 e. The molecule has 1 saturated heterocycles. The van der Waals surface area contributed by atoms with E-state index in [0.717, 1.165) is 10.3 Å². The normalized spacial score (nSPS) is 17.1. The number of aryl methyl sites for hydroxylation is 1. The van der Waals surface area contributed by atoms with Crippen molar-refractivity contribution in [3.05, 3.63) is 87.9 Å². The number of aliphatic hydroxyl groups is 1. The Labute approximate surface area is 216 Å².